The summed E-state index contributed by atoms with van der Waals surface area (Å²) in [7, 11) is 0. The first-order chi connectivity index (χ1) is 10.0. The van der Waals surface area contributed by atoms with E-state index in [0.717, 1.165) is 23.1 Å². The van der Waals surface area contributed by atoms with Gasteiger partial charge in [0.05, 0.1) is 0 Å². The zero-order chi connectivity index (χ0) is 15.2. The van der Waals surface area contributed by atoms with E-state index in [1.165, 1.54) is 17.7 Å². The summed E-state index contributed by atoms with van der Waals surface area (Å²) in [6.07, 6.45) is 5.06. The summed E-state index contributed by atoms with van der Waals surface area (Å²) in [5.74, 6) is 0.351. The fraction of sp³-hybridized carbons (Fsp3) is 0.200. The lowest BCUT2D eigenvalue weighted by Crippen LogP contribution is -1.90. The Bertz CT molecular complexity index is 616. The van der Waals surface area contributed by atoms with Crippen LogP contribution in [-0.4, -0.2) is 0 Å². The molecule has 0 saturated heterocycles. The van der Waals surface area contributed by atoms with Gasteiger partial charge in [0.25, 0.3) is 0 Å². The maximum absolute atomic E-state index is 12.9. The van der Waals surface area contributed by atoms with Crippen molar-refractivity contribution in [2.45, 2.75) is 20.3 Å². The molecular weight excluding hydrogens is 259 g/mol. The van der Waals surface area contributed by atoms with Gasteiger partial charge in [-0.25, -0.2) is 4.39 Å². The molecule has 108 valence electrons. The first-order valence-corrected chi connectivity index (χ1v) is 7.25. The molecule has 2 aromatic rings. The van der Waals surface area contributed by atoms with Gasteiger partial charge in [-0.3, -0.25) is 0 Å². The van der Waals surface area contributed by atoms with Gasteiger partial charge in [0.2, 0.25) is 0 Å². The van der Waals surface area contributed by atoms with Gasteiger partial charge in [0.15, 0.2) is 0 Å². The van der Waals surface area contributed by atoms with Crippen molar-refractivity contribution >= 4 is 11.6 Å². The van der Waals surface area contributed by atoms with Crippen LogP contribution in [0.2, 0.25) is 0 Å². The highest BCUT2D eigenvalue weighted by molar-refractivity contribution is 5.67. The molecule has 0 aliphatic carbocycles. The molecule has 0 atom stereocenters. The van der Waals surface area contributed by atoms with E-state index in [4.69, 9.17) is 0 Å². The third-order valence-electron chi connectivity index (χ3n) is 3.32. The molecule has 0 heterocycles. The molecule has 1 heteroatoms. The molecule has 0 bridgehead atoms. The fourth-order valence-electron chi connectivity index (χ4n) is 2.08. The van der Waals surface area contributed by atoms with Gasteiger partial charge < -0.3 is 0 Å². The van der Waals surface area contributed by atoms with E-state index < -0.39 is 0 Å². The summed E-state index contributed by atoms with van der Waals surface area (Å²) >= 11 is 0. The molecule has 0 radical (unpaired) electrons. The predicted octanol–water partition coefficient (Wildman–Crippen LogP) is 5.75. The third kappa shape index (κ3) is 4.71. The smallest absolute Gasteiger partial charge is 0.123 e. The summed E-state index contributed by atoms with van der Waals surface area (Å²) in [5, 5.41) is 0. The Morgan fingerprint density at radius 1 is 1.05 bits per heavy atom. The van der Waals surface area contributed by atoms with E-state index >= 15 is 0 Å². The van der Waals surface area contributed by atoms with Gasteiger partial charge >= 0.3 is 0 Å². The van der Waals surface area contributed by atoms with Crippen LogP contribution in [0, 0.1) is 11.7 Å². The van der Waals surface area contributed by atoms with Crippen molar-refractivity contribution in [2.75, 3.05) is 0 Å². The van der Waals surface area contributed by atoms with E-state index in [1.54, 1.807) is 12.1 Å². The molecule has 0 saturated carbocycles. The quantitative estimate of drug-likeness (QED) is 0.654. The Labute approximate surface area is 126 Å². The second-order valence-electron chi connectivity index (χ2n) is 5.63. The van der Waals surface area contributed by atoms with Crippen molar-refractivity contribution in [3.05, 3.63) is 83.7 Å². The molecule has 0 aliphatic rings. The Balaban J connectivity index is 2.04. The lowest BCUT2D eigenvalue weighted by Gasteiger charge is -2.07. The summed E-state index contributed by atoms with van der Waals surface area (Å²) in [6, 6.07) is 15.0. The molecule has 0 amide bonds. The molecule has 0 fully saturated rings. The van der Waals surface area contributed by atoms with Crippen molar-refractivity contribution in [1.82, 2.24) is 0 Å². The molecule has 0 N–H and O–H groups in total. The molecule has 0 aliphatic heterocycles. The highest BCUT2D eigenvalue weighted by Gasteiger charge is 2.01. The van der Waals surface area contributed by atoms with Crippen LogP contribution in [0.3, 0.4) is 0 Å². The van der Waals surface area contributed by atoms with E-state index in [-0.39, 0.29) is 5.82 Å². The number of hydrogen-bond acceptors (Lipinski definition) is 0. The van der Waals surface area contributed by atoms with E-state index in [9.17, 15) is 4.39 Å². The van der Waals surface area contributed by atoms with Gasteiger partial charge in [0.1, 0.15) is 5.82 Å². The van der Waals surface area contributed by atoms with Gasteiger partial charge in [0, 0.05) is 0 Å². The topological polar surface area (TPSA) is 0 Å². The Morgan fingerprint density at radius 3 is 2.24 bits per heavy atom. The van der Waals surface area contributed by atoms with E-state index in [0.29, 0.717) is 5.92 Å². The van der Waals surface area contributed by atoms with Crippen LogP contribution < -0.4 is 0 Å². The van der Waals surface area contributed by atoms with Crippen molar-refractivity contribution in [1.29, 1.82) is 0 Å². The lowest BCUT2D eigenvalue weighted by molar-refractivity contribution is 0.627. The Kier molecular flexibility index (Phi) is 5.10. The first-order valence-electron chi connectivity index (χ1n) is 7.25. The Hall–Kier alpha value is -2.15. The zero-order valence-corrected chi connectivity index (χ0v) is 12.6. The number of allylic oxidation sites excluding steroid dienone is 2. The second kappa shape index (κ2) is 7.03. The van der Waals surface area contributed by atoms with Crippen molar-refractivity contribution in [2.24, 2.45) is 5.92 Å². The van der Waals surface area contributed by atoms with E-state index in [1.807, 2.05) is 0 Å². The van der Waals surface area contributed by atoms with Crippen molar-refractivity contribution in [3.63, 3.8) is 0 Å². The summed E-state index contributed by atoms with van der Waals surface area (Å²) in [4.78, 5) is 0. The van der Waals surface area contributed by atoms with Crippen molar-refractivity contribution in [3.8, 4) is 0 Å². The molecule has 0 nitrogen and oxygen atoms in total. The van der Waals surface area contributed by atoms with Crippen molar-refractivity contribution < 1.29 is 4.39 Å². The third-order valence-corrected chi connectivity index (χ3v) is 3.32. The van der Waals surface area contributed by atoms with Gasteiger partial charge in [-0.05, 0) is 46.7 Å². The number of halogens is 1. The maximum Gasteiger partial charge on any atom is 0.123 e. The molecule has 2 rings (SSSR count). The molecule has 0 aromatic heterocycles. The Morgan fingerprint density at radius 2 is 1.67 bits per heavy atom. The number of benzene rings is 2. The van der Waals surface area contributed by atoms with Gasteiger partial charge in [-0.2, -0.15) is 0 Å². The highest BCUT2D eigenvalue weighted by atomic mass is 19.1. The summed E-state index contributed by atoms with van der Waals surface area (Å²) < 4.78 is 12.9. The normalized spacial score (nSPS) is 11.2. The first kappa shape index (κ1) is 15.2. The van der Waals surface area contributed by atoms with Crippen LogP contribution in [-0.2, 0) is 6.42 Å². The minimum Gasteiger partial charge on any atom is -0.207 e. The van der Waals surface area contributed by atoms with Gasteiger partial charge in [-0.1, -0.05) is 69.0 Å². The molecule has 21 heavy (non-hydrogen) atoms. The molecule has 0 spiro atoms. The van der Waals surface area contributed by atoms with E-state index in [2.05, 4.69) is 56.8 Å². The monoisotopic (exact) mass is 280 g/mol. The minimum atomic E-state index is -0.203. The number of hydrogen-bond donors (Lipinski definition) is 0. The minimum absolute atomic E-state index is 0.203. The molecule has 0 unspecified atom stereocenters. The standard InChI is InChI=1S/C20H21F/c1-15(2)4-5-17-6-10-19(11-7-17)16(3)14-18-8-12-20(21)13-9-18/h4-13,15H,3,14H2,1-2H3/b5-4+. The van der Waals surface area contributed by atoms with Crippen LogP contribution in [0.25, 0.3) is 11.6 Å². The zero-order valence-electron chi connectivity index (χ0n) is 12.6. The maximum atomic E-state index is 12.9. The predicted molar refractivity (Wildman–Crippen MR) is 89.5 cm³/mol. The summed E-state index contributed by atoms with van der Waals surface area (Å²) in [6.45, 7) is 8.46. The molecular formula is C20H21F. The number of rotatable bonds is 5. The van der Waals surface area contributed by atoms with Crippen LogP contribution in [0.1, 0.15) is 30.5 Å². The summed E-state index contributed by atoms with van der Waals surface area (Å²) in [5.41, 5.74) is 4.44. The van der Waals surface area contributed by atoms with Crippen LogP contribution >= 0.6 is 0 Å². The second-order valence-corrected chi connectivity index (χ2v) is 5.63. The highest BCUT2D eigenvalue weighted by Crippen LogP contribution is 2.19. The largest absolute Gasteiger partial charge is 0.207 e. The average molecular weight is 280 g/mol. The lowest BCUT2D eigenvalue weighted by atomic mass is 9.98. The SMILES string of the molecule is C=C(Cc1ccc(F)cc1)c1ccc(/C=C/C(C)C)cc1. The van der Waals surface area contributed by atoms with Crippen LogP contribution in [0.15, 0.2) is 61.2 Å². The fourth-order valence-corrected chi connectivity index (χ4v) is 2.08. The van der Waals surface area contributed by atoms with Gasteiger partial charge in [-0.15, -0.1) is 0 Å². The van der Waals surface area contributed by atoms with Crippen LogP contribution in [0.5, 0.6) is 0 Å². The molecule has 2 aromatic carbocycles. The van der Waals surface area contributed by atoms with Crippen LogP contribution in [0.4, 0.5) is 4.39 Å². The average Bonchev–Trinajstić information content (AvgIpc) is 2.48.